The summed E-state index contributed by atoms with van der Waals surface area (Å²) in [4.78, 5) is 14.5. The van der Waals surface area contributed by atoms with E-state index in [0.29, 0.717) is 25.9 Å². The van der Waals surface area contributed by atoms with Gasteiger partial charge < -0.3 is 10.0 Å². The maximum atomic E-state index is 12.4. The lowest BCUT2D eigenvalue weighted by atomic mass is 9.84. The first kappa shape index (κ1) is 18.4. The summed E-state index contributed by atoms with van der Waals surface area (Å²) >= 11 is 0. The summed E-state index contributed by atoms with van der Waals surface area (Å²) in [7, 11) is -3.57. The van der Waals surface area contributed by atoms with Crippen LogP contribution in [0.15, 0.2) is 23.1 Å². The van der Waals surface area contributed by atoms with E-state index in [1.165, 1.54) is 0 Å². The molecule has 0 unspecified atom stereocenters. The third-order valence-electron chi connectivity index (χ3n) is 5.12. The maximum Gasteiger partial charge on any atom is 0.240 e. The van der Waals surface area contributed by atoms with Crippen LogP contribution in [0.5, 0.6) is 0 Å². The van der Waals surface area contributed by atoms with Crippen LogP contribution >= 0.6 is 0 Å². The number of nitrogens with one attached hydrogen (secondary N) is 1. The molecule has 0 radical (unpaired) electrons. The highest BCUT2D eigenvalue weighted by molar-refractivity contribution is 7.89. The van der Waals surface area contributed by atoms with Crippen LogP contribution in [-0.4, -0.2) is 43.5 Å². The van der Waals surface area contributed by atoms with E-state index in [0.717, 1.165) is 30.4 Å². The predicted octanol–water partition coefficient (Wildman–Crippen LogP) is 1.42. The molecule has 138 valence electrons. The summed E-state index contributed by atoms with van der Waals surface area (Å²) in [6, 6.07) is 5.13. The SMILES string of the molecule is C[C@@H](O)CCNS(=O)(=O)c1ccc2c(c1)CCN(C(=O)C1CCC1)C2. The van der Waals surface area contributed by atoms with Crippen LogP contribution in [0.25, 0.3) is 0 Å². The second-order valence-corrected chi connectivity index (χ2v) is 8.87. The van der Waals surface area contributed by atoms with E-state index in [9.17, 15) is 18.3 Å². The third kappa shape index (κ3) is 4.22. The average molecular weight is 366 g/mol. The van der Waals surface area contributed by atoms with Gasteiger partial charge in [-0.1, -0.05) is 12.5 Å². The molecule has 1 fully saturated rings. The largest absolute Gasteiger partial charge is 0.393 e. The first-order chi connectivity index (χ1) is 11.9. The summed E-state index contributed by atoms with van der Waals surface area (Å²) in [5, 5.41) is 9.24. The molecular weight excluding hydrogens is 340 g/mol. The van der Waals surface area contributed by atoms with Crippen molar-refractivity contribution in [3.05, 3.63) is 29.3 Å². The Morgan fingerprint density at radius 3 is 2.76 bits per heavy atom. The van der Waals surface area contributed by atoms with E-state index in [-0.39, 0.29) is 23.3 Å². The molecule has 1 heterocycles. The number of nitrogens with zero attached hydrogens (tertiary/aromatic N) is 1. The number of carbonyl (C=O) groups is 1. The number of aliphatic hydroxyl groups is 1. The fourth-order valence-electron chi connectivity index (χ4n) is 3.28. The topological polar surface area (TPSA) is 86.7 Å². The van der Waals surface area contributed by atoms with Crippen molar-refractivity contribution in [2.75, 3.05) is 13.1 Å². The Kier molecular flexibility index (Phi) is 5.46. The third-order valence-corrected chi connectivity index (χ3v) is 6.58. The van der Waals surface area contributed by atoms with Crippen molar-refractivity contribution in [1.82, 2.24) is 9.62 Å². The van der Waals surface area contributed by atoms with Crippen LogP contribution in [0.2, 0.25) is 0 Å². The van der Waals surface area contributed by atoms with E-state index in [1.807, 2.05) is 11.0 Å². The first-order valence-corrected chi connectivity index (χ1v) is 10.4. The number of amides is 1. The Hall–Kier alpha value is -1.44. The fraction of sp³-hybridized carbons (Fsp3) is 0.611. The Morgan fingerprint density at radius 1 is 1.36 bits per heavy atom. The number of fused-ring (bicyclic) bond motifs is 1. The van der Waals surface area contributed by atoms with Gasteiger partial charge in [-0.25, -0.2) is 13.1 Å². The summed E-state index contributed by atoms with van der Waals surface area (Å²) in [5.41, 5.74) is 2.03. The predicted molar refractivity (Wildman–Crippen MR) is 94.4 cm³/mol. The molecule has 0 saturated heterocycles. The number of aliphatic hydroxyl groups excluding tert-OH is 1. The smallest absolute Gasteiger partial charge is 0.240 e. The highest BCUT2D eigenvalue weighted by Gasteiger charge is 2.31. The lowest BCUT2D eigenvalue weighted by Gasteiger charge is -2.35. The molecule has 3 rings (SSSR count). The van der Waals surface area contributed by atoms with Gasteiger partial charge in [0.2, 0.25) is 15.9 Å². The Bertz CT molecular complexity index is 741. The Labute approximate surface area is 149 Å². The van der Waals surface area contributed by atoms with E-state index in [4.69, 9.17) is 0 Å². The monoisotopic (exact) mass is 366 g/mol. The molecular formula is C18H26N2O4S. The molecule has 6 nitrogen and oxygen atoms in total. The summed E-state index contributed by atoms with van der Waals surface area (Å²) in [5.74, 6) is 0.438. The van der Waals surface area contributed by atoms with E-state index in [2.05, 4.69) is 4.72 Å². The van der Waals surface area contributed by atoms with Gasteiger partial charge in [-0.3, -0.25) is 4.79 Å². The normalized spacial score (nSPS) is 19.2. The number of carbonyl (C=O) groups excluding carboxylic acids is 1. The van der Waals surface area contributed by atoms with Crippen LogP contribution in [0, 0.1) is 5.92 Å². The van der Waals surface area contributed by atoms with E-state index in [1.54, 1.807) is 19.1 Å². The van der Waals surface area contributed by atoms with Gasteiger partial charge >= 0.3 is 0 Å². The Balaban J connectivity index is 1.68. The number of benzene rings is 1. The first-order valence-electron chi connectivity index (χ1n) is 8.95. The van der Waals surface area contributed by atoms with Gasteiger partial charge in [0, 0.05) is 25.6 Å². The van der Waals surface area contributed by atoms with Gasteiger partial charge in [0.1, 0.15) is 0 Å². The fourth-order valence-corrected chi connectivity index (χ4v) is 4.38. The average Bonchev–Trinajstić information content (AvgIpc) is 2.51. The van der Waals surface area contributed by atoms with Crippen molar-refractivity contribution in [2.24, 2.45) is 5.92 Å². The van der Waals surface area contributed by atoms with Gasteiger partial charge in [-0.05, 0) is 55.9 Å². The van der Waals surface area contributed by atoms with Gasteiger partial charge in [0.25, 0.3) is 0 Å². The zero-order valence-corrected chi connectivity index (χ0v) is 15.4. The van der Waals surface area contributed by atoms with E-state index < -0.39 is 16.1 Å². The maximum absolute atomic E-state index is 12.4. The molecule has 0 spiro atoms. The Morgan fingerprint density at radius 2 is 2.12 bits per heavy atom. The van der Waals surface area contributed by atoms with Gasteiger partial charge in [0.05, 0.1) is 11.0 Å². The van der Waals surface area contributed by atoms with E-state index >= 15 is 0 Å². The summed E-state index contributed by atoms with van der Waals surface area (Å²) < 4.78 is 27.2. The van der Waals surface area contributed by atoms with Crippen LogP contribution in [-0.2, 0) is 27.8 Å². The number of hydrogen-bond acceptors (Lipinski definition) is 4. The van der Waals surface area contributed by atoms with Crippen LogP contribution in [0.1, 0.15) is 43.7 Å². The quantitative estimate of drug-likeness (QED) is 0.797. The summed E-state index contributed by atoms with van der Waals surface area (Å²) in [6.45, 7) is 3.06. The number of sulfonamides is 1. The number of rotatable bonds is 6. The highest BCUT2D eigenvalue weighted by atomic mass is 32.2. The van der Waals surface area contributed by atoms with Crippen LogP contribution in [0.4, 0.5) is 0 Å². The van der Waals surface area contributed by atoms with Crippen molar-refractivity contribution in [2.45, 2.75) is 56.6 Å². The van der Waals surface area contributed by atoms with Crippen molar-refractivity contribution < 1.29 is 18.3 Å². The minimum Gasteiger partial charge on any atom is -0.393 e. The van der Waals surface area contributed by atoms with Crippen LogP contribution < -0.4 is 4.72 Å². The lowest BCUT2D eigenvalue weighted by molar-refractivity contribution is -0.139. The summed E-state index contributed by atoms with van der Waals surface area (Å²) in [6.07, 6.45) is 3.66. The van der Waals surface area contributed by atoms with Crippen molar-refractivity contribution in [1.29, 1.82) is 0 Å². The molecule has 0 bridgehead atoms. The molecule has 2 N–H and O–H groups in total. The molecule has 1 aliphatic heterocycles. The van der Waals surface area contributed by atoms with Crippen LogP contribution in [0.3, 0.4) is 0 Å². The molecule has 1 aliphatic carbocycles. The molecule has 1 aromatic rings. The molecule has 1 atom stereocenters. The molecule has 1 aromatic carbocycles. The molecule has 7 heteroatoms. The van der Waals surface area contributed by atoms with Crippen molar-refractivity contribution >= 4 is 15.9 Å². The lowest BCUT2D eigenvalue weighted by Crippen LogP contribution is -2.41. The van der Waals surface area contributed by atoms with Crippen molar-refractivity contribution in [3.63, 3.8) is 0 Å². The molecule has 1 amide bonds. The second kappa shape index (κ2) is 7.43. The van der Waals surface area contributed by atoms with Gasteiger partial charge in [-0.2, -0.15) is 0 Å². The van der Waals surface area contributed by atoms with Gasteiger partial charge in [-0.15, -0.1) is 0 Å². The van der Waals surface area contributed by atoms with Gasteiger partial charge in [0.15, 0.2) is 0 Å². The molecule has 2 aliphatic rings. The molecule has 0 aromatic heterocycles. The highest BCUT2D eigenvalue weighted by Crippen LogP contribution is 2.30. The zero-order valence-electron chi connectivity index (χ0n) is 14.6. The minimum atomic E-state index is -3.57. The van der Waals surface area contributed by atoms with Crippen molar-refractivity contribution in [3.8, 4) is 0 Å². The second-order valence-electron chi connectivity index (χ2n) is 7.10. The number of hydrogen-bond donors (Lipinski definition) is 2. The zero-order chi connectivity index (χ0) is 18.0. The standard InChI is InChI=1S/C18H26N2O4S/c1-13(21)7-9-19-25(23,24)17-6-5-16-12-20(10-8-15(16)11-17)18(22)14-3-2-4-14/h5-6,11,13-14,19,21H,2-4,7-10,12H2,1H3/t13-/m1/s1. The molecule has 1 saturated carbocycles. The molecule has 25 heavy (non-hydrogen) atoms. The minimum absolute atomic E-state index is 0.194.